The maximum absolute atomic E-state index is 12.4. The highest BCUT2D eigenvalue weighted by molar-refractivity contribution is 5.82. The minimum absolute atomic E-state index is 0.0713. The molecule has 0 aromatic rings. The van der Waals surface area contributed by atoms with E-state index in [4.69, 9.17) is 5.73 Å². The molecule has 1 saturated carbocycles. The molecule has 0 radical (unpaired) electrons. The normalized spacial score (nSPS) is 34.5. The van der Waals surface area contributed by atoms with Crippen molar-refractivity contribution >= 4 is 5.91 Å². The number of hydrogen-bond acceptors (Lipinski definition) is 3. The molecule has 0 bridgehead atoms. The van der Waals surface area contributed by atoms with Crippen molar-refractivity contribution in [2.45, 2.75) is 64.0 Å². The minimum atomic E-state index is -0.518. The molecule has 4 heteroatoms. The van der Waals surface area contributed by atoms with Crippen LogP contribution in [0.25, 0.3) is 0 Å². The van der Waals surface area contributed by atoms with Gasteiger partial charge in [-0.3, -0.25) is 4.79 Å². The fraction of sp³-hybridized carbons (Fsp3) is 0.933. The zero-order valence-corrected chi connectivity index (χ0v) is 12.3. The fourth-order valence-corrected chi connectivity index (χ4v) is 3.48. The first-order chi connectivity index (χ1) is 8.98. The van der Waals surface area contributed by atoms with Crippen molar-refractivity contribution in [3.05, 3.63) is 0 Å². The molecule has 4 unspecified atom stereocenters. The number of aliphatic hydroxyl groups is 1. The number of carbonyl (C=O) groups is 1. The highest BCUT2D eigenvalue weighted by Crippen LogP contribution is 2.39. The molecule has 0 spiro atoms. The third-order valence-electron chi connectivity index (χ3n) is 5.28. The third-order valence-corrected chi connectivity index (χ3v) is 5.28. The Morgan fingerprint density at radius 1 is 1.47 bits per heavy atom. The van der Waals surface area contributed by atoms with Gasteiger partial charge in [0.2, 0.25) is 5.91 Å². The highest BCUT2D eigenvalue weighted by atomic mass is 16.3. The van der Waals surface area contributed by atoms with Gasteiger partial charge < -0.3 is 15.7 Å². The maximum atomic E-state index is 12.4. The van der Waals surface area contributed by atoms with E-state index in [0.29, 0.717) is 13.1 Å². The Morgan fingerprint density at radius 2 is 2.21 bits per heavy atom. The van der Waals surface area contributed by atoms with Crippen molar-refractivity contribution in [1.29, 1.82) is 0 Å². The van der Waals surface area contributed by atoms with E-state index in [1.54, 1.807) is 0 Å². The van der Waals surface area contributed by atoms with Gasteiger partial charge in [-0.05, 0) is 25.2 Å². The summed E-state index contributed by atoms with van der Waals surface area (Å²) in [6, 6.07) is -0.389. The largest absolute Gasteiger partial charge is 0.389 e. The summed E-state index contributed by atoms with van der Waals surface area (Å²) < 4.78 is 0. The highest BCUT2D eigenvalue weighted by Gasteiger charge is 2.44. The van der Waals surface area contributed by atoms with Gasteiger partial charge in [-0.15, -0.1) is 0 Å². The Balaban J connectivity index is 1.98. The molecule has 1 saturated heterocycles. The third kappa shape index (κ3) is 2.95. The Morgan fingerprint density at radius 3 is 2.89 bits per heavy atom. The Bertz CT molecular complexity index is 334. The molecule has 0 aromatic carbocycles. The lowest BCUT2D eigenvalue weighted by molar-refractivity contribution is -0.145. The van der Waals surface area contributed by atoms with Crippen molar-refractivity contribution in [2.75, 3.05) is 13.1 Å². The van der Waals surface area contributed by atoms with E-state index < -0.39 is 5.60 Å². The van der Waals surface area contributed by atoms with E-state index in [-0.39, 0.29) is 23.8 Å². The standard InChI is InChI=1S/C15H28N2O2/c1-3-11(2)13(16)14(18)17-9-8-15(19)7-5-4-6-12(15)10-17/h11-13,19H,3-10,16H2,1-2H3. The second kappa shape index (κ2) is 5.80. The second-order valence-corrected chi connectivity index (χ2v) is 6.49. The summed E-state index contributed by atoms with van der Waals surface area (Å²) in [6.07, 6.45) is 5.88. The Labute approximate surface area is 116 Å². The van der Waals surface area contributed by atoms with E-state index in [0.717, 1.165) is 32.1 Å². The molecule has 0 aromatic heterocycles. The zero-order valence-electron chi connectivity index (χ0n) is 12.3. The van der Waals surface area contributed by atoms with E-state index in [9.17, 15) is 9.90 Å². The van der Waals surface area contributed by atoms with E-state index >= 15 is 0 Å². The number of piperidine rings is 1. The van der Waals surface area contributed by atoms with Gasteiger partial charge in [0, 0.05) is 19.0 Å². The van der Waals surface area contributed by atoms with Crippen LogP contribution < -0.4 is 5.73 Å². The summed E-state index contributed by atoms with van der Waals surface area (Å²) >= 11 is 0. The van der Waals surface area contributed by atoms with Crippen LogP contribution in [0.15, 0.2) is 0 Å². The Kier molecular flexibility index (Phi) is 4.51. The lowest BCUT2D eigenvalue weighted by Gasteiger charge is -2.48. The average Bonchev–Trinajstić information content (AvgIpc) is 2.43. The molecule has 2 rings (SSSR count). The van der Waals surface area contributed by atoms with Gasteiger partial charge in [-0.1, -0.05) is 33.1 Å². The predicted molar refractivity (Wildman–Crippen MR) is 75.5 cm³/mol. The topological polar surface area (TPSA) is 66.6 Å². The van der Waals surface area contributed by atoms with Crippen LogP contribution in [0.2, 0.25) is 0 Å². The number of nitrogens with two attached hydrogens (primary N) is 1. The van der Waals surface area contributed by atoms with Gasteiger partial charge in [0.05, 0.1) is 11.6 Å². The summed E-state index contributed by atoms with van der Waals surface area (Å²) in [5, 5.41) is 10.6. The SMILES string of the molecule is CCC(C)C(N)C(=O)N1CCC2(O)CCCCC2C1. The van der Waals surface area contributed by atoms with Crippen molar-refractivity contribution in [2.24, 2.45) is 17.6 Å². The first-order valence-electron chi connectivity index (χ1n) is 7.74. The second-order valence-electron chi connectivity index (χ2n) is 6.49. The van der Waals surface area contributed by atoms with Crippen LogP contribution in [0.5, 0.6) is 0 Å². The maximum Gasteiger partial charge on any atom is 0.239 e. The molecule has 1 heterocycles. The molecule has 110 valence electrons. The molecule has 1 aliphatic carbocycles. The van der Waals surface area contributed by atoms with Crippen molar-refractivity contribution in [3.8, 4) is 0 Å². The summed E-state index contributed by atoms with van der Waals surface area (Å²) in [6.45, 7) is 5.45. The van der Waals surface area contributed by atoms with E-state index in [2.05, 4.69) is 6.92 Å². The number of fused-ring (bicyclic) bond motifs is 1. The summed E-state index contributed by atoms with van der Waals surface area (Å²) in [7, 11) is 0. The van der Waals surface area contributed by atoms with Gasteiger partial charge in [-0.2, -0.15) is 0 Å². The van der Waals surface area contributed by atoms with Crippen LogP contribution in [0.1, 0.15) is 52.4 Å². The summed E-state index contributed by atoms with van der Waals surface area (Å²) in [5.74, 6) is 0.546. The molecule has 4 nitrogen and oxygen atoms in total. The number of hydrogen-bond donors (Lipinski definition) is 2. The van der Waals surface area contributed by atoms with Gasteiger partial charge in [-0.25, -0.2) is 0 Å². The average molecular weight is 268 g/mol. The van der Waals surface area contributed by atoms with Crippen molar-refractivity contribution in [3.63, 3.8) is 0 Å². The molecule has 19 heavy (non-hydrogen) atoms. The van der Waals surface area contributed by atoms with Gasteiger partial charge in [0.1, 0.15) is 0 Å². The summed E-state index contributed by atoms with van der Waals surface area (Å²) in [5.41, 5.74) is 5.53. The Hall–Kier alpha value is -0.610. The molecule has 4 atom stereocenters. The van der Waals surface area contributed by atoms with E-state index in [1.807, 2.05) is 11.8 Å². The first-order valence-corrected chi connectivity index (χ1v) is 7.74. The number of amides is 1. The number of rotatable bonds is 3. The van der Waals surface area contributed by atoms with Crippen molar-refractivity contribution < 1.29 is 9.90 Å². The van der Waals surface area contributed by atoms with Crippen molar-refractivity contribution in [1.82, 2.24) is 4.90 Å². The quantitative estimate of drug-likeness (QED) is 0.815. The lowest BCUT2D eigenvalue weighted by atomic mass is 9.71. The van der Waals surface area contributed by atoms with Crippen LogP contribution in [0.3, 0.4) is 0 Å². The van der Waals surface area contributed by atoms with Crippen LogP contribution in [-0.2, 0) is 4.79 Å². The van der Waals surface area contributed by atoms with Gasteiger partial charge >= 0.3 is 0 Å². The lowest BCUT2D eigenvalue weighted by Crippen LogP contribution is -2.58. The van der Waals surface area contributed by atoms with Gasteiger partial charge in [0.25, 0.3) is 0 Å². The monoisotopic (exact) mass is 268 g/mol. The molecule has 1 amide bonds. The first kappa shape index (κ1) is 14.8. The molecule has 1 aliphatic heterocycles. The molecule has 3 N–H and O–H groups in total. The predicted octanol–water partition coefficient (Wildman–Crippen LogP) is 1.51. The van der Waals surface area contributed by atoms with E-state index in [1.165, 1.54) is 6.42 Å². The molecule has 2 aliphatic rings. The molecular formula is C15H28N2O2. The number of nitrogens with zero attached hydrogens (tertiary/aromatic N) is 1. The van der Waals surface area contributed by atoms with Gasteiger partial charge in [0.15, 0.2) is 0 Å². The molecular weight excluding hydrogens is 240 g/mol. The van der Waals surface area contributed by atoms with Crippen LogP contribution in [-0.4, -0.2) is 40.6 Å². The smallest absolute Gasteiger partial charge is 0.239 e. The number of likely N-dealkylation sites (tertiary alicyclic amines) is 1. The summed E-state index contributed by atoms with van der Waals surface area (Å²) in [4.78, 5) is 14.3. The number of carbonyl (C=O) groups excluding carboxylic acids is 1. The van der Waals surface area contributed by atoms with Crippen LogP contribution in [0.4, 0.5) is 0 Å². The zero-order chi connectivity index (χ0) is 14.0. The van der Waals surface area contributed by atoms with Crippen LogP contribution >= 0.6 is 0 Å². The minimum Gasteiger partial charge on any atom is -0.389 e. The van der Waals surface area contributed by atoms with Crippen LogP contribution in [0, 0.1) is 11.8 Å². The fourth-order valence-electron chi connectivity index (χ4n) is 3.48. The molecule has 2 fully saturated rings.